The number of rotatable bonds is 16. The Bertz CT molecular complexity index is 1700. The van der Waals surface area contributed by atoms with Crippen LogP contribution in [0.2, 0.25) is 0 Å². The number of aliphatic hydroxyl groups excluding tert-OH is 17. The number of amides is 1. The van der Waals surface area contributed by atoms with E-state index in [9.17, 15) is 91.6 Å². The summed E-state index contributed by atoms with van der Waals surface area (Å²) in [6, 6.07) is -1.72. The first-order valence-electron chi connectivity index (χ1n) is 24.2. The van der Waals surface area contributed by atoms with Crippen LogP contribution in [0.4, 0.5) is 0 Å². The highest BCUT2D eigenvalue weighted by Crippen LogP contribution is 2.40. The number of aliphatic hydroxyl groups is 17. The van der Waals surface area contributed by atoms with Crippen molar-refractivity contribution in [1.29, 1.82) is 0 Å². The summed E-state index contributed by atoms with van der Waals surface area (Å²) in [7, 11) is 0. The first-order valence-corrected chi connectivity index (χ1v) is 24.2. The van der Waals surface area contributed by atoms with Crippen molar-refractivity contribution in [3.8, 4) is 0 Å². The molecule has 420 valence electrons. The SMILES string of the molecule is CC(=O)NC1[C@H](O[C@@H]2C(O)[C@@H](O[C@H]3C(CO)C[C@@H](O[C@@H]4C(CO)O[C@@H](C(C)(C)C)C(O)[C@H]4O)C(O)[C@H]3O)OC(CO)[C@@H]2O)OC(CO)[C@H](O)[C@@H]1O[C@@H]1OC(CO)[C@H](O)[C@H](O)C1OC1CC(C)[C@@H](O)C(O)[C@@H]1O. The number of nitrogens with one attached hydrogen (secondary N) is 1. The smallest absolute Gasteiger partial charge is 0.217 e. The summed E-state index contributed by atoms with van der Waals surface area (Å²) in [5.74, 6) is -2.61. The van der Waals surface area contributed by atoms with Gasteiger partial charge in [0.15, 0.2) is 18.9 Å². The highest BCUT2D eigenvalue weighted by molar-refractivity contribution is 5.73. The van der Waals surface area contributed by atoms with Crippen LogP contribution in [0.3, 0.4) is 0 Å². The summed E-state index contributed by atoms with van der Waals surface area (Å²) in [5, 5.41) is 188. The molecule has 18 N–H and O–H groups in total. The van der Waals surface area contributed by atoms with E-state index < -0.39 is 228 Å². The van der Waals surface area contributed by atoms with Gasteiger partial charge in [-0.25, -0.2) is 0 Å². The molecule has 6 rings (SSSR count). The van der Waals surface area contributed by atoms with Crippen LogP contribution in [-0.2, 0) is 47.4 Å². The van der Waals surface area contributed by atoms with Crippen molar-refractivity contribution < 1.29 is 134 Å². The lowest BCUT2D eigenvalue weighted by atomic mass is 9.79. The van der Waals surface area contributed by atoms with E-state index in [-0.39, 0.29) is 12.8 Å². The van der Waals surface area contributed by atoms with Crippen LogP contribution < -0.4 is 5.32 Å². The van der Waals surface area contributed by atoms with Gasteiger partial charge in [0, 0.05) is 19.4 Å². The van der Waals surface area contributed by atoms with Crippen LogP contribution in [0, 0.1) is 17.3 Å². The van der Waals surface area contributed by atoms with Gasteiger partial charge in [0.1, 0.15) is 122 Å². The Hall–Kier alpha value is -1.57. The molecule has 2 aliphatic carbocycles. The second-order valence-electron chi connectivity index (χ2n) is 20.9. The molecule has 4 saturated heterocycles. The molecule has 0 radical (unpaired) electrons. The van der Waals surface area contributed by atoms with Crippen molar-refractivity contribution in [3.05, 3.63) is 0 Å². The average Bonchev–Trinajstić information content (AvgIpc) is 3.33. The normalized spacial score (nSPS) is 50.6. The molecule has 2 saturated carbocycles. The Labute approximate surface area is 414 Å². The van der Waals surface area contributed by atoms with Crippen molar-refractivity contribution in [2.45, 2.75) is 219 Å². The summed E-state index contributed by atoms with van der Waals surface area (Å²) in [6.07, 6.45) is -46.0. The van der Waals surface area contributed by atoms with Crippen LogP contribution in [-0.4, -0.2) is 297 Å². The number of hydrogen-bond donors (Lipinski definition) is 18. The number of ether oxygens (including phenoxy) is 9. The molecule has 72 heavy (non-hydrogen) atoms. The number of hydrogen-bond acceptors (Lipinski definition) is 27. The average molecular weight is 1050 g/mol. The minimum Gasteiger partial charge on any atom is -0.396 e. The van der Waals surface area contributed by atoms with E-state index in [0.717, 1.165) is 6.92 Å². The Balaban J connectivity index is 1.23. The van der Waals surface area contributed by atoms with Crippen molar-refractivity contribution in [3.63, 3.8) is 0 Å². The van der Waals surface area contributed by atoms with Crippen LogP contribution in [0.25, 0.3) is 0 Å². The summed E-state index contributed by atoms with van der Waals surface area (Å²) in [4.78, 5) is 12.8. The highest BCUT2D eigenvalue weighted by atomic mass is 16.8. The van der Waals surface area contributed by atoms with E-state index in [1.165, 1.54) is 0 Å². The first kappa shape index (κ1) is 59.7. The standard InChI is InChI=1S/C44H77NO27/c1-13-6-16(24(53)29(58)23(13)52)65-39-31(60)26(55)18(9-47)69-43(39)71-37-22(45-14(2)51)41(67-19(10-48)27(37)56)72-38-28(57)20(11-49)68-42(34(38)63)70-35-15(8-46)7-17(25(54)30(35)59)64-36-21(12-50)66-40(44(3,4)5)33(62)32(36)61/h13,15-43,46-50,52-63H,6-12H2,1-5H3,(H,45,51)/t13?,15?,16?,17-,18?,19?,20?,21?,22?,23-,24-,25?,26+,27+,28+,29?,30-,31+,32-,33?,34?,35+,36-,37-,38+,39?,40-,41+,42-,43+/m1/s1. The summed E-state index contributed by atoms with van der Waals surface area (Å²) in [5.41, 5.74) is -0.683. The highest BCUT2D eigenvalue weighted by Gasteiger charge is 2.58. The minimum atomic E-state index is -2.13. The monoisotopic (exact) mass is 1050 g/mol. The number of carbonyl (C=O) groups is 1. The lowest BCUT2D eigenvalue weighted by molar-refractivity contribution is -0.377. The van der Waals surface area contributed by atoms with Gasteiger partial charge in [0.2, 0.25) is 5.91 Å². The lowest BCUT2D eigenvalue weighted by Crippen LogP contribution is -2.70. The third kappa shape index (κ3) is 12.4. The Kier molecular flexibility index (Phi) is 20.6. The molecule has 0 aromatic carbocycles. The lowest BCUT2D eigenvalue weighted by Gasteiger charge is -2.51. The first-order chi connectivity index (χ1) is 33.8. The molecule has 4 aliphatic heterocycles. The van der Waals surface area contributed by atoms with Crippen molar-refractivity contribution in [2.75, 3.05) is 33.0 Å². The van der Waals surface area contributed by atoms with Gasteiger partial charge in [0.05, 0.1) is 56.9 Å². The molecule has 6 aliphatic rings. The van der Waals surface area contributed by atoms with Crippen LogP contribution >= 0.6 is 0 Å². The second kappa shape index (κ2) is 24.8. The molecular weight excluding hydrogens is 974 g/mol. The zero-order valence-corrected chi connectivity index (χ0v) is 40.5. The quantitative estimate of drug-likeness (QED) is 0.0682. The molecule has 13 unspecified atom stereocenters. The fourth-order valence-electron chi connectivity index (χ4n) is 10.5. The topological polar surface area (TPSA) is 456 Å². The van der Waals surface area contributed by atoms with E-state index >= 15 is 0 Å². The Morgan fingerprint density at radius 2 is 0.931 bits per heavy atom. The molecule has 4 heterocycles. The van der Waals surface area contributed by atoms with E-state index in [4.69, 9.17) is 42.6 Å². The van der Waals surface area contributed by atoms with E-state index in [0.29, 0.717) is 0 Å². The molecule has 1 amide bonds. The fraction of sp³-hybridized carbons (Fsp3) is 0.977. The second-order valence-corrected chi connectivity index (χ2v) is 20.9. The third-order valence-electron chi connectivity index (χ3n) is 14.7. The van der Waals surface area contributed by atoms with Gasteiger partial charge in [-0.15, -0.1) is 0 Å². The molecule has 6 fully saturated rings. The predicted octanol–water partition coefficient (Wildman–Crippen LogP) is -9.51. The maximum absolute atomic E-state index is 12.8. The van der Waals surface area contributed by atoms with Crippen molar-refractivity contribution in [1.82, 2.24) is 5.32 Å². The van der Waals surface area contributed by atoms with Gasteiger partial charge in [-0.05, 0) is 24.2 Å². The van der Waals surface area contributed by atoms with Gasteiger partial charge < -0.3 is 135 Å². The fourth-order valence-corrected chi connectivity index (χ4v) is 10.5. The van der Waals surface area contributed by atoms with E-state index in [1.807, 2.05) is 0 Å². The van der Waals surface area contributed by atoms with Crippen LogP contribution in [0.1, 0.15) is 47.5 Å². The molecule has 28 nitrogen and oxygen atoms in total. The minimum absolute atomic E-state index is 0.0892. The van der Waals surface area contributed by atoms with Gasteiger partial charge in [-0.1, -0.05) is 27.7 Å². The molecule has 0 spiro atoms. The maximum Gasteiger partial charge on any atom is 0.217 e. The van der Waals surface area contributed by atoms with Gasteiger partial charge in [0.25, 0.3) is 0 Å². The van der Waals surface area contributed by atoms with Gasteiger partial charge >= 0.3 is 0 Å². The van der Waals surface area contributed by atoms with E-state index in [1.54, 1.807) is 27.7 Å². The zero-order valence-electron chi connectivity index (χ0n) is 40.5. The number of carbonyl (C=O) groups excluding carboxylic acids is 1. The summed E-state index contributed by atoms with van der Waals surface area (Å²) in [6.45, 7) is 3.59. The Morgan fingerprint density at radius 3 is 1.50 bits per heavy atom. The Morgan fingerprint density at radius 1 is 0.458 bits per heavy atom. The molecule has 0 aromatic heterocycles. The molecule has 30 atom stereocenters. The van der Waals surface area contributed by atoms with Gasteiger partial charge in [-0.3, -0.25) is 4.79 Å². The van der Waals surface area contributed by atoms with Crippen molar-refractivity contribution in [2.24, 2.45) is 17.3 Å². The zero-order chi connectivity index (χ0) is 53.4. The van der Waals surface area contributed by atoms with Crippen LogP contribution in [0.5, 0.6) is 0 Å². The predicted molar refractivity (Wildman–Crippen MR) is 233 cm³/mol. The molecule has 0 aromatic rings. The molecular formula is C44H77NO27. The van der Waals surface area contributed by atoms with E-state index in [2.05, 4.69) is 5.32 Å². The third-order valence-corrected chi connectivity index (χ3v) is 14.7. The maximum atomic E-state index is 12.8. The largest absolute Gasteiger partial charge is 0.396 e. The van der Waals surface area contributed by atoms with Gasteiger partial charge in [-0.2, -0.15) is 0 Å². The summed E-state index contributed by atoms with van der Waals surface area (Å²) < 4.78 is 53.5. The summed E-state index contributed by atoms with van der Waals surface area (Å²) >= 11 is 0. The van der Waals surface area contributed by atoms with Crippen molar-refractivity contribution >= 4 is 5.91 Å². The van der Waals surface area contributed by atoms with Crippen LogP contribution in [0.15, 0.2) is 0 Å². The molecule has 28 heteroatoms. The molecule has 0 bridgehead atoms.